The van der Waals surface area contributed by atoms with E-state index >= 15 is 0 Å². The van der Waals surface area contributed by atoms with E-state index in [1.165, 1.54) is 12.1 Å². The number of amides is 3. The van der Waals surface area contributed by atoms with Crippen LogP contribution >= 0.6 is 0 Å². The first-order valence-electron chi connectivity index (χ1n) is 11.3. The van der Waals surface area contributed by atoms with Crippen LogP contribution < -0.4 is 0 Å². The zero-order valence-electron chi connectivity index (χ0n) is 19.9. The average Bonchev–Trinajstić information content (AvgIpc) is 3.08. The van der Waals surface area contributed by atoms with Gasteiger partial charge in [-0.2, -0.15) is 0 Å². The van der Waals surface area contributed by atoms with Crippen LogP contribution in [0.4, 0.5) is 0 Å². The number of fused-ring (bicyclic) bond motifs is 1. The number of rotatable bonds is 6. The fourth-order valence-corrected chi connectivity index (χ4v) is 4.03. The molecule has 0 atom stereocenters. The van der Waals surface area contributed by atoms with Crippen LogP contribution in [0.25, 0.3) is 11.1 Å². The van der Waals surface area contributed by atoms with Gasteiger partial charge in [-0.1, -0.05) is 65.7 Å². The Labute approximate surface area is 203 Å². The highest BCUT2D eigenvalue weighted by atomic mass is 16.7. The Morgan fingerprint density at radius 3 is 1.86 bits per heavy atom. The second kappa shape index (κ2) is 9.54. The molecule has 3 aromatic rings. The molecule has 0 aliphatic carbocycles. The zero-order valence-corrected chi connectivity index (χ0v) is 19.9. The second-order valence-corrected chi connectivity index (χ2v) is 9.20. The van der Waals surface area contributed by atoms with Crippen LogP contribution in [0.2, 0.25) is 0 Å². The highest BCUT2D eigenvalue weighted by molar-refractivity contribution is 6.20. The monoisotopic (exact) mass is 470 g/mol. The molecular formula is C28H26N2O5. The van der Waals surface area contributed by atoms with E-state index in [0.29, 0.717) is 10.6 Å². The summed E-state index contributed by atoms with van der Waals surface area (Å²) in [5.41, 5.74) is 2.00. The van der Waals surface area contributed by atoms with Gasteiger partial charge < -0.3 is 9.74 Å². The molecule has 4 rings (SSSR count). The molecule has 7 heteroatoms. The molecule has 0 fully saturated rings. The zero-order chi connectivity index (χ0) is 25.2. The average molecular weight is 471 g/mol. The lowest BCUT2D eigenvalue weighted by molar-refractivity contribution is -0.168. The number of hydrogen-bond acceptors (Lipinski definition) is 5. The maximum absolute atomic E-state index is 13.7. The molecule has 1 aliphatic heterocycles. The predicted molar refractivity (Wildman–Crippen MR) is 130 cm³/mol. The molecule has 3 amide bonds. The Morgan fingerprint density at radius 1 is 0.771 bits per heavy atom. The number of imide groups is 1. The summed E-state index contributed by atoms with van der Waals surface area (Å²) in [7, 11) is 0. The van der Waals surface area contributed by atoms with E-state index in [9.17, 15) is 19.2 Å². The van der Waals surface area contributed by atoms with Crippen molar-refractivity contribution in [3.63, 3.8) is 0 Å². The standard InChI is InChI=1S/C28H26N2O5/c1-28(2,3)29(25(32)21-14-8-7-13-20(21)19-11-5-4-6-12-19)18-17-24(31)35-30-26(33)22-15-9-10-16-23(22)27(30)34/h4-16H,17-18H2,1-3H3. The van der Waals surface area contributed by atoms with E-state index in [-0.39, 0.29) is 30.0 Å². The molecule has 0 spiro atoms. The van der Waals surface area contributed by atoms with E-state index in [1.807, 2.05) is 63.2 Å². The fourth-order valence-electron chi connectivity index (χ4n) is 4.03. The lowest BCUT2D eigenvalue weighted by atomic mass is 9.96. The molecule has 0 unspecified atom stereocenters. The summed E-state index contributed by atoms with van der Waals surface area (Å²) in [5.74, 6) is -2.37. The third kappa shape index (κ3) is 4.84. The van der Waals surface area contributed by atoms with Gasteiger partial charge in [0.15, 0.2) is 0 Å². The molecular weight excluding hydrogens is 444 g/mol. The number of carbonyl (C=O) groups is 4. The highest BCUT2D eigenvalue weighted by Gasteiger charge is 2.39. The van der Waals surface area contributed by atoms with E-state index in [4.69, 9.17) is 4.84 Å². The summed E-state index contributed by atoms with van der Waals surface area (Å²) in [6, 6.07) is 23.2. The Hall–Kier alpha value is -4.26. The van der Waals surface area contributed by atoms with Gasteiger partial charge in [-0.25, -0.2) is 4.79 Å². The van der Waals surface area contributed by atoms with Crippen LogP contribution in [-0.2, 0) is 9.63 Å². The largest absolute Gasteiger partial charge is 0.335 e. The first-order chi connectivity index (χ1) is 16.7. The Kier molecular flexibility index (Phi) is 6.51. The Bertz CT molecular complexity index is 1260. The van der Waals surface area contributed by atoms with Gasteiger partial charge in [0.05, 0.1) is 17.5 Å². The molecule has 1 heterocycles. The molecule has 0 bridgehead atoms. The maximum atomic E-state index is 13.7. The quantitative estimate of drug-likeness (QED) is 0.486. The van der Waals surface area contributed by atoms with Crippen molar-refractivity contribution in [1.29, 1.82) is 0 Å². The minimum Gasteiger partial charge on any atom is -0.333 e. The van der Waals surface area contributed by atoms with Gasteiger partial charge in [-0.15, -0.1) is 0 Å². The van der Waals surface area contributed by atoms with Crippen LogP contribution in [0.1, 0.15) is 58.3 Å². The second-order valence-electron chi connectivity index (χ2n) is 9.20. The van der Waals surface area contributed by atoms with E-state index in [1.54, 1.807) is 29.2 Å². The van der Waals surface area contributed by atoms with Crippen LogP contribution in [0, 0.1) is 0 Å². The van der Waals surface area contributed by atoms with Crippen molar-refractivity contribution in [3.05, 3.63) is 95.6 Å². The SMILES string of the molecule is CC(C)(C)N(CCC(=O)ON1C(=O)c2ccccc2C1=O)C(=O)c1ccccc1-c1ccccc1. The normalized spacial score (nSPS) is 12.9. The van der Waals surface area contributed by atoms with Crippen LogP contribution in [0.5, 0.6) is 0 Å². The molecule has 178 valence electrons. The lowest BCUT2D eigenvalue weighted by Crippen LogP contribution is -2.47. The van der Waals surface area contributed by atoms with Crippen molar-refractivity contribution in [3.8, 4) is 11.1 Å². The summed E-state index contributed by atoms with van der Waals surface area (Å²) in [6.45, 7) is 5.69. The lowest BCUT2D eigenvalue weighted by Gasteiger charge is -2.36. The maximum Gasteiger partial charge on any atom is 0.335 e. The minimum absolute atomic E-state index is 0.0491. The van der Waals surface area contributed by atoms with Crippen molar-refractivity contribution in [2.45, 2.75) is 32.7 Å². The molecule has 35 heavy (non-hydrogen) atoms. The molecule has 1 aliphatic rings. The van der Waals surface area contributed by atoms with Crippen molar-refractivity contribution in [2.24, 2.45) is 0 Å². The number of nitrogens with zero attached hydrogens (tertiary/aromatic N) is 2. The summed E-state index contributed by atoms with van der Waals surface area (Å²) in [4.78, 5) is 57.9. The molecule has 0 aromatic heterocycles. The van der Waals surface area contributed by atoms with Gasteiger partial charge in [0, 0.05) is 17.6 Å². The smallest absolute Gasteiger partial charge is 0.333 e. The molecule has 0 radical (unpaired) electrons. The topological polar surface area (TPSA) is 84.0 Å². The van der Waals surface area contributed by atoms with Crippen molar-refractivity contribution in [2.75, 3.05) is 6.54 Å². The molecule has 3 aromatic carbocycles. The Morgan fingerprint density at radius 2 is 1.29 bits per heavy atom. The summed E-state index contributed by atoms with van der Waals surface area (Å²) >= 11 is 0. The number of carbonyl (C=O) groups excluding carboxylic acids is 4. The van der Waals surface area contributed by atoms with Crippen LogP contribution in [0.3, 0.4) is 0 Å². The first-order valence-corrected chi connectivity index (χ1v) is 11.3. The number of benzene rings is 3. The molecule has 0 N–H and O–H groups in total. The van der Waals surface area contributed by atoms with Gasteiger partial charge in [0.1, 0.15) is 0 Å². The van der Waals surface area contributed by atoms with Gasteiger partial charge in [-0.3, -0.25) is 14.4 Å². The highest BCUT2D eigenvalue weighted by Crippen LogP contribution is 2.27. The minimum atomic E-state index is -0.780. The number of hydrogen-bond donors (Lipinski definition) is 0. The van der Waals surface area contributed by atoms with Gasteiger partial charge in [0.25, 0.3) is 17.7 Å². The fraction of sp³-hybridized carbons (Fsp3) is 0.214. The van der Waals surface area contributed by atoms with E-state index in [0.717, 1.165) is 11.1 Å². The summed E-state index contributed by atoms with van der Waals surface area (Å²) in [5, 5.41) is 0.487. The van der Waals surface area contributed by atoms with Crippen molar-refractivity contribution < 1.29 is 24.0 Å². The summed E-state index contributed by atoms with van der Waals surface area (Å²) in [6.07, 6.45) is -0.191. The van der Waals surface area contributed by atoms with E-state index < -0.39 is 23.3 Å². The third-order valence-electron chi connectivity index (χ3n) is 5.79. The van der Waals surface area contributed by atoms with Gasteiger partial charge >= 0.3 is 5.97 Å². The first kappa shape index (κ1) is 23.9. The van der Waals surface area contributed by atoms with Crippen LogP contribution in [-0.4, -0.2) is 45.7 Å². The van der Waals surface area contributed by atoms with E-state index in [2.05, 4.69) is 0 Å². The van der Waals surface area contributed by atoms with Crippen LogP contribution in [0.15, 0.2) is 78.9 Å². The van der Waals surface area contributed by atoms with Gasteiger partial charge in [-0.05, 0) is 50.1 Å². The molecule has 0 saturated heterocycles. The van der Waals surface area contributed by atoms with Crippen molar-refractivity contribution >= 4 is 23.7 Å². The van der Waals surface area contributed by atoms with Crippen molar-refractivity contribution in [1.82, 2.24) is 9.96 Å². The molecule has 7 nitrogen and oxygen atoms in total. The van der Waals surface area contributed by atoms with Gasteiger partial charge in [0.2, 0.25) is 0 Å². The number of hydroxylamine groups is 2. The third-order valence-corrected chi connectivity index (χ3v) is 5.79. The predicted octanol–water partition coefficient (Wildman–Crippen LogP) is 4.74. The summed E-state index contributed by atoms with van der Waals surface area (Å²) < 4.78 is 0. The Balaban J connectivity index is 1.50. The molecule has 0 saturated carbocycles.